The molecular formula is C26H38N4O3S2. The van der Waals surface area contributed by atoms with Crippen molar-refractivity contribution < 1.29 is 13.2 Å². The molecule has 2 saturated carbocycles. The van der Waals surface area contributed by atoms with Crippen molar-refractivity contribution in [3.63, 3.8) is 0 Å². The number of likely N-dealkylation sites (tertiary alicyclic amines) is 1. The number of anilines is 1. The second-order valence-electron chi connectivity index (χ2n) is 10.3. The summed E-state index contributed by atoms with van der Waals surface area (Å²) in [5, 5.41) is 4.44. The van der Waals surface area contributed by atoms with Gasteiger partial charge in [0, 0.05) is 18.6 Å². The molecule has 192 valence electrons. The van der Waals surface area contributed by atoms with Crippen molar-refractivity contribution in [1.29, 1.82) is 0 Å². The highest BCUT2D eigenvalue weighted by atomic mass is 32.2. The van der Waals surface area contributed by atoms with Crippen molar-refractivity contribution >= 4 is 26.5 Å². The van der Waals surface area contributed by atoms with Crippen LogP contribution in [0.3, 0.4) is 0 Å². The summed E-state index contributed by atoms with van der Waals surface area (Å²) >= 11 is 1.59. The number of hydrogen-bond donors (Lipinski definition) is 2. The minimum Gasteiger partial charge on any atom is -0.495 e. The molecule has 0 bridgehead atoms. The van der Waals surface area contributed by atoms with E-state index in [4.69, 9.17) is 9.72 Å². The third-order valence-corrected chi connectivity index (χ3v) is 10.4. The first-order valence-corrected chi connectivity index (χ1v) is 15.4. The number of benzene rings is 1. The van der Waals surface area contributed by atoms with Crippen LogP contribution in [0, 0.1) is 12.8 Å². The number of ether oxygens (including phenoxy) is 1. The number of hydrogen-bond acceptors (Lipinski definition) is 7. The Balaban J connectivity index is 1.30. The van der Waals surface area contributed by atoms with Crippen molar-refractivity contribution in [2.45, 2.75) is 81.7 Å². The van der Waals surface area contributed by atoms with Gasteiger partial charge >= 0.3 is 0 Å². The molecule has 3 aliphatic rings. The second kappa shape index (κ2) is 10.7. The van der Waals surface area contributed by atoms with E-state index in [1.54, 1.807) is 23.5 Å². The summed E-state index contributed by atoms with van der Waals surface area (Å²) in [5.74, 6) is 1.09. The summed E-state index contributed by atoms with van der Waals surface area (Å²) in [6.45, 7) is 4.87. The van der Waals surface area contributed by atoms with Crippen LogP contribution in [0.5, 0.6) is 5.75 Å². The molecule has 5 rings (SSSR count). The van der Waals surface area contributed by atoms with E-state index in [-0.39, 0.29) is 10.9 Å². The van der Waals surface area contributed by atoms with E-state index in [9.17, 15) is 8.42 Å². The number of aryl methyl sites for hydroxylation is 1. The maximum absolute atomic E-state index is 13.4. The van der Waals surface area contributed by atoms with Crippen molar-refractivity contribution in [3.05, 3.63) is 23.9 Å². The molecule has 2 N–H and O–H groups in total. The van der Waals surface area contributed by atoms with Crippen LogP contribution in [0.1, 0.15) is 63.5 Å². The molecule has 0 amide bonds. The molecule has 1 aliphatic heterocycles. The lowest BCUT2D eigenvalue weighted by Crippen LogP contribution is -2.45. The van der Waals surface area contributed by atoms with Crippen LogP contribution in [-0.4, -0.2) is 57.1 Å². The van der Waals surface area contributed by atoms with E-state index >= 15 is 0 Å². The van der Waals surface area contributed by atoms with Crippen LogP contribution in [0.2, 0.25) is 0 Å². The molecule has 0 atom stereocenters. The van der Waals surface area contributed by atoms with Crippen LogP contribution in [0.4, 0.5) is 5.13 Å². The number of nitrogens with zero attached hydrogens (tertiary/aromatic N) is 2. The molecule has 2 aliphatic carbocycles. The number of piperidine rings is 1. The van der Waals surface area contributed by atoms with Gasteiger partial charge in [-0.2, -0.15) is 0 Å². The zero-order chi connectivity index (χ0) is 24.4. The third kappa shape index (κ3) is 6.01. The van der Waals surface area contributed by atoms with Gasteiger partial charge in [0.25, 0.3) is 0 Å². The molecule has 3 fully saturated rings. The monoisotopic (exact) mass is 518 g/mol. The summed E-state index contributed by atoms with van der Waals surface area (Å²) in [5.41, 5.74) is 1.77. The predicted molar refractivity (Wildman–Crippen MR) is 142 cm³/mol. The lowest BCUT2D eigenvalue weighted by molar-refractivity contribution is 0.199. The van der Waals surface area contributed by atoms with Gasteiger partial charge in [-0.15, -0.1) is 0 Å². The van der Waals surface area contributed by atoms with E-state index in [2.05, 4.69) is 14.9 Å². The summed E-state index contributed by atoms with van der Waals surface area (Å²) in [4.78, 5) is 8.42. The largest absolute Gasteiger partial charge is 0.495 e. The zero-order valence-corrected chi connectivity index (χ0v) is 22.5. The average molecular weight is 519 g/mol. The summed E-state index contributed by atoms with van der Waals surface area (Å²) in [6.07, 6.45) is 10.9. The minimum absolute atomic E-state index is 0.0379. The van der Waals surface area contributed by atoms with Crippen LogP contribution in [-0.2, 0) is 10.0 Å². The maximum Gasteiger partial charge on any atom is 0.244 e. The quantitative estimate of drug-likeness (QED) is 0.485. The molecular weight excluding hydrogens is 480 g/mol. The summed E-state index contributed by atoms with van der Waals surface area (Å²) < 4.78 is 35.3. The number of sulfonamides is 1. The molecule has 9 heteroatoms. The summed E-state index contributed by atoms with van der Waals surface area (Å²) in [6, 6.07) is 6.12. The number of thiazole rings is 1. The first-order chi connectivity index (χ1) is 16.9. The van der Waals surface area contributed by atoms with Gasteiger partial charge in [-0.1, -0.05) is 30.6 Å². The fourth-order valence-corrected chi connectivity index (χ4v) is 7.97. The normalized spacial score (nSPS) is 20.7. The van der Waals surface area contributed by atoms with E-state index in [1.807, 2.05) is 13.0 Å². The van der Waals surface area contributed by atoms with Gasteiger partial charge in [-0.3, -0.25) is 0 Å². The molecule has 1 aromatic carbocycles. The van der Waals surface area contributed by atoms with Gasteiger partial charge in [0.15, 0.2) is 5.13 Å². The van der Waals surface area contributed by atoms with Gasteiger partial charge in [-0.25, -0.2) is 18.1 Å². The smallest absolute Gasteiger partial charge is 0.244 e. The van der Waals surface area contributed by atoms with Crippen LogP contribution < -0.4 is 14.8 Å². The zero-order valence-electron chi connectivity index (χ0n) is 20.9. The number of aromatic nitrogens is 1. The lowest BCUT2D eigenvalue weighted by atomic mass is 9.89. The van der Waals surface area contributed by atoms with Crippen molar-refractivity contribution in [2.75, 3.05) is 32.1 Å². The molecule has 0 radical (unpaired) electrons. The molecule has 7 nitrogen and oxygen atoms in total. The van der Waals surface area contributed by atoms with Gasteiger partial charge in [0.1, 0.15) is 10.6 Å². The summed E-state index contributed by atoms with van der Waals surface area (Å²) in [7, 11) is -2.19. The van der Waals surface area contributed by atoms with Crippen LogP contribution in [0.15, 0.2) is 23.1 Å². The molecule has 2 heterocycles. The van der Waals surface area contributed by atoms with Gasteiger partial charge in [-0.05, 0) is 88.2 Å². The Labute approximate surface area is 213 Å². The maximum atomic E-state index is 13.4. The molecule has 1 saturated heterocycles. The molecule has 2 aromatic rings. The first-order valence-electron chi connectivity index (χ1n) is 13.1. The van der Waals surface area contributed by atoms with Gasteiger partial charge < -0.3 is 15.0 Å². The molecule has 35 heavy (non-hydrogen) atoms. The van der Waals surface area contributed by atoms with Gasteiger partial charge in [0.2, 0.25) is 10.0 Å². The highest BCUT2D eigenvalue weighted by Crippen LogP contribution is 2.37. The Morgan fingerprint density at radius 1 is 1.09 bits per heavy atom. The minimum atomic E-state index is -3.71. The van der Waals surface area contributed by atoms with Crippen molar-refractivity contribution in [3.8, 4) is 16.2 Å². The fourth-order valence-electron chi connectivity index (χ4n) is 5.50. The standard InChI is InChI=1S/C26H38N4O3S2/c1-18-25(34-26(28-18)27-17-19-6-4-3-5-7-19)20-8-11-23(33-2)24(16-20)35(31,32)29-21-12-14-30(15-13-21)22-9-10-22/h8,11,16,19,21-22,29H,3-7,9-10,12-15,17H2,1-2H3,(H,27,28). The predicted octanol–water partition coefficient (Wildman–Crippen LogP) is 5.02. The third-order valence-electron chi connectivity index (χ3n) is 7.69. The Morgan fingerprint density at radius 3 is 2.51 bits per heavy atom. The molecule has 0 unspecified atom stereocenters. The SMILES string of the molecule is COc1ccc(-c2sc(NCC3CCCCC3)nc2C)cc1S(=O)(=O)NC1CCN(C2CC2)CC1. The highest BCUT2D eigenvalue weighted by Gasteiger charge is 2.33. The number of nitrogens with one attached hydrogen (secondary N) is 2. The topological polar surface area (TPSA) is 83.6 Å². The van der Waals surface area contributed by atoms with Crippen LogP contribution in [0.25, 0.3) is 10.4 Å². The average Bonchev–Trinajstić information content (AvgIpc) is 3.65. The van der Waals surface area contributed by atoms with E-state index in [1.165, 1.54) is 52.1 Å². The second-order valence-corrected chi connectivity index (χ2v) is 13.0. The molecule has 0 spiro atoms. The van der Waals surface area contributed by atoms with E-state index in [0.29, 0.717) is 5.75 Å². The van der Waals surface area contributed by atoms with Crippen molar-refractivity contribution in [1.82, 2.24) is 14.6 Å². The Hall–Kier alpha value is -1.68. The Morgan fingerprint density at radius 2 is 1.83 bits per heavy atom. The van der Waals surface area contributed by atoms with Gasteiger partial charge in [0.05, 0.1) is 17.7 Å². The highest BCUT2D eigenvalue weighted by molar-refractivity contribution is 7.89. The van der Waals surface area contributed by atoms with E-state index < -0.39 is 10.0 Å². The number of rotatable bonds is 9. The Kier molecular flexibility index (Phi) is 7.67. The first kappa shape index (κ1) is 25.0. The molecule has 1 aromatic heterocycles. The van der Waals surface area contributed by atoms with Crippen molar-refractivity contribution in [2.24, 2.45) is 5.92 Å². The van der Waals surface area contributed by atoms with Crippen LogP contribution >= 0.6 is 11.3 Å². The Bertz CT molecular complexity index is 1120. The lowest BCUT2D eigenvalue weighted by Gasteiger charge is -2.32. The number of methoxy groups -OCH3 is 1. The van der Waals surface area contributed by atoms with E-state index in [0.717, 1.165) is 65.7 Å². The fraction of sp³-hybridized carbons (Fsp3) is 0.654.